The number of hydrogen-bond donors (Lipinski definition) is 1. The minimum atomic E-state index is -0.526. The van der Waals surface area contributed by atoms with Gasteiger partial charge < -0.3 is 15.0 Å². The van der Waals surface area contributed by atoms with Gasteiger partial charge in [0.15, 0.2) is 6.61 Å². The summed E-state index contributed by atoms with van der Waals surface area (Å²) in [5.74, 6) is -0.475. The van der Waals surface area contributed by atoms with Gasteiger partial charge in [-0.3, -0.25) is 9.59 Å². The molecule has 132 valence electrons. The van der Waals surface area contributed by atoms with E-state index in [0.717, 1.165) is 10.0 Å². The van der Waals surface area contributed by atoms with Crippen LogP contribution in [-0.2, 0) is 14.3 Å². The first-order chi connectivity index (χ1) is 12.0. The summed E-state index contributed by atoms with van der Waals surface area (Å²) in [6.07, 6.45) is 3.17. The quantitative estimate of drug-likeness (QED) is 0.708. The van der Waals surface area contributed by atoms with E-state index < -0.39 is 5.97 Å². The van der Waals surface area contributed by atoms with Gasteiger partial charge >= 0.3 is 5.97 Å². The molecular formula is C17H19BrN4O3. The van der Waals surface area contributed by atoms with Crippen LogP contribution < -0.4 is 10.2 Å². The zero-order valence-electron chi connectivity index (χ0n) is 14.0. The van der Waals surface area contributed by atoms with Crippen molar-refractivity contribution in [1.82, 2.24) is 15.3 Å². The van der Waals surface area contributed by atoms with Crippen LogP contribution in [0.5, 0.6) is 0 Å². The second-order valence-corrected chi connectivity index (χ2v) is 6.32. The minimum absolute atomic E-state index is 0.0421. The summed E-state index contributed by atoms with van der Waals surface area (Å²) in [6, 6.07) is 9.14. The lowest BCUT2D eigenvalue weighted by Crippen LogP contribution is -2.34. The number of benzene rings is 1. The highest BCUT2D eigenvalue weighted by molar-refractivity contribution is 9.10. The number of aromatic nitrogens is 2. The second kappa shape index (κ2) is 9.12. The van der Waals surface area contributed by atoms with Gasteiger partial charge in [-0.15, -0.1) is 0 Å². The lowest BCUT2D eigenvalue weighted by Gasteiger charge is -2.16. The molecule has 0 aliphatic carbocycles. The zero-order chi connectivity index (χ0) is 18.2. The van der Waals surface area contributed by atoms with E-state index in [9.17, 15) is 9.59 Å². The smallest absolute Gasteiger partial charge is 0.326 e. The van der Waals surface area contributed by atoms with Gasteiger partial charge in [0.05, 0.1) is 6.04 Å². The van der Waals surface area contributed by atoms with Crippen LogP contribution in [0.1, 0.15) is 18.5 Å². The predicted octanol–water partition coefficient (Wildman–Crippen LogP) is 2.10. The van der Waals surface area contributed by atoms with Crippen molar-refractivity contribution in [2.24, 2.45) is 0 Å². The Labute approximate surface area is 154 Å². The molecule has 1 N–H and O–H groups in total. The van der Waals surface area contributed by atoms with Crippen LogP contribution in [-0.4, -0.2) is 42.0 Å². The van der Waals surface area contributed by atoms with Crippen LogP contribution in [0.4, 0.5) is 5.95 Å². The van der Waals surface area contributed by atoms with Crippen LogP contribution in [0.3, 0.4) is 0 Å². The Morgan fingerprint density at radius 1 is 1.24 bits per heavy atom. The molecule has 1 amide bonds. The Balaban J connectivity index is 1.75. The molecule has 25 heavy (non-hydrogen) atoms. The number of likely N-dealkylation sites (N-methyl/N-ethyl adjacent to an activating group) is 1. The van der Waals surface area contributed by atoms with Crippen LogP contribution >= 0.6 is 15.9 Å². The summed E-state index contributed by atoms with van der Waals surface area (Å²) in [5.41, 5.74) is 0.962. The Kier molecular flexibility index (Phi) is 6.88. The van der Waals surface area contributed by atoms with E-state index in [-0.39, 0.29) is 25.1 Å². The lowest BCUT2D eigenvalue weighted by molar-refractivity contribution is -0.147. The summed E-state index contributed by atoms with van der Waals surface area (Å²) < 4.78 is 5.96. The summed E-state index contributed by atoms with van der Waals surface area (Å²) in [4.78, 5) is 33.3. The number of esters is 1. The van der Waals surface area contributed by atoms with Crippen molar-refractivity contribution < 1.29 is 14.3 Å². The summed E-state index contributed by atoms with van der Waals surface area (Å²) >= 11 is 3.36. The largest absolute Gasteiger partial charge is 0.454 e. The maximum Gasteiger partial charge on any atom is 0.326 e. The zero-order valence-corrected chi connectivity index (χ0v) is 15.6. The van der Waals surface area contributed by atoms with Gasteiger partial charge in [0.1, 0.15) is 6.54 Å². The third-order valence-electron chi connectivity index (χ3n) is 3.37. The Hall–Kier alpha value is -2.48. The molecule has 0 bridgehead atoms. The number of anilines is 1. The summed E-state index contributed by atoms with van der Waals surface area (Å²) in [5, 5.41) is 2.79. The number of rotatable bonds is 7. The average molecular weight is 407 g/mol. The highest BCUT2D eigenvalue weighted by Gasteiger charge is 2.14. The van der Waals surface area contributed by atoms with E-state index >= 15 is 0 Å². The van der Waals surface area contributed by atoms with Crippen molar-refractivity contribution in [3.63, 3.8) is 0 Å². The number of ether oxygens (including phenoxy) is 1. The van der Waals surface area contributed by atoms with Crippen molar-refractivity contribution in [2.75, 3.05) is 25.1 Å². The molecule has 0 aliphatic rings. The monoisotopic (exact) mass is 406 g/mol. The van der Waals surface area contributed by atoms with Gasteiger partial charge in [0.25, 0.3) is 5.91 Å². The number of amides is 1. The lowest BCUT2D eigenvalue weighted by atomic mass is 10.1. The molecule has 0 saturated carbocycles. The number of carbonyl (C=O) groups excluding carboxylic acids is 2. The van der Waals surface area contributed by atoms with Gasteiger partial charge in [0, 0.05) is 23.9 Å². The predicted molar refractivity (Wildman–Crippen MR) is 97.0 cm³/mol. The molecule has 1 aromatic heterocycles. The van der Waals surface area contributed by atoms with Gasteiger partial charge in [-0.1, -0.05) is 28.1 Å². The molecule has 0 radical (unpaired) electrons. The van der Waals surface area contributed by atoms with Crippen molar-refractivity contribution in [3.05, 3.63) is 52.8 Å². The van der Waals surface area contributed by atoms with Crippen molar-refractivity contribution in [3.8, 4) is 0 Å². The molecule has 0 aliphatic heterocycles. The van der Waals surface area contributed by atoms with Crippen LogP contribution in [0.25, 0.3) is 0 Å². The fourth-order valence-electron chi connectivity index (χ4n) is 2.06. The van der Waals surface area contributed by atoms with Gasteiger partial charge in [-0.05, 0) is 30.7 Å². The number of nitrogens with one attached hydrogen (secondary N) is 1. The van der Waals surface area contributed by atoms with E-state index in [2.05, 4.69) is 31.2 Å². The average Bonchev–Trinajstić information content (AvgIpc) is 2.61. The van der Waals surface area contributed by atoms with Crippen molar-refractivity contribution >= 4 is 33.8 Å². The standard InChI is InChI=1S/C17H19BrN4O3/c1-12(13-4-6-14(18)7-5-13)21-15(23)11-25-16(24)10-22(2)17-19-8-3-9-20-17/h3-9,12H,10-11H2,1-2H3,(H,21,23)/t12-/m1/s1. The van der Waals surface area contributed by atoms with E-state index in [1.54, 1.807) is 30.4 Å². The van der Waals surface area contributed by atoms with Gasteiger partial charge in [0.2, 0.25) is 5.95 Å². The van der Waals surface area contributed by atoms with Crippen molar-refractivity contribution in [1.29, 1.82) is 0 Å². The minimum Gasteiger partial charge on any atom is -0.454 e. The van der Waals surface area contributed by atoms with E-state index in [0.29, 0.717) is 5.95 Å². The fraction of sp³-hybridized carbons (Fsp3) is 0.294. The molecule has 2 aromatic rings. The molecule has 8 heteroatoms. The van der Waals surface area contributed by atoms with Crippen LogP contribution in [0.2, 0.25) is 0 Å². The maximum atomic E-state index is 11.9. The van der Waals surface area contributed by atoms with E-state index in [1.165, 1.54) is 0 Å². The molecular weight excluding hydrogens is 388 g/mol. The number of carbonyl (C=O) groups is 2. The second-order valence-electron chi connectivity index (χ2n) is 5.41. The maximum absolute atomic E-state index is 11.9. The molecule has 0 unspecified atom stereocenters. The van der Waals surface area contributed by atoms with Gasteiger partial charge in [-0.2, -0.15) is 0 Å². The van der Waals surface area contributed by atoms with Crippen LogP contribution in [0.15, 0.2) is 47.2 Å². The molecule has 0 spiro atoms. The highest BCUT2D eigenvalue weighted by Crippen LogP contribution is 2.16. The number of hydrogen-bond acceptors (Lipinski definition) is 6. The van der Waals surface area contributed by atoms with Gasteiger partial charge in [-0.25, -0.2) is 9.97 Å². The van der Waals surface area contributed by atoms with E-state index in [1.807, 2.05) is 31.2 Å². The number of halogens is 1. The first-order valence-electron chi connectivity index (χ1n) is 7.64. The SMILES string of the molecule is C[C@@H](NC(=O)COC(=O)CN(C)c1ncccn1)c1ccc(Br)cc1. The number of nitrogens with zero attached hydrogens (tertiary/aromatic N) is 3. The molecule has 1 aromatic carbocycles. The highest BCUT2D eigenvalue weighted by atomic mass is 79.9. The Morgan fingerprint density at radius 2 is 1.88 bits per heavy atom. The molecule has 2 rings (SSSR count). The summed E-state index contributed by atoms with van der Waals surface area (Å²) in [6.45, 7) is 1.49. The van der Waals surface area contributed by atoms with E-state index in [4.69, 9.17) is 4.74 Å². The summed E-state index contributed by atoms with van der Waals surface area (Å²) in [7, 11) is 1.67. The topological polar surface area (TPSA) is 84.4 Å². The van der Waals surface area contributed by atoms with Crippen molar-refractivity contribution in [2.45, 2.75) is 13.0 Å². The molecule has 7 nitrogen and oxygen atoms in total. The fourth-order valence-corrected chi connectivity index (χ4v) is 2.33. The molecule has 0 saturated heterocycles. The third-order valence-corrected chi connectivity index (χ3v) is 3.90. The molecule has 1 heterocycles. The normalized spacial score (nSPS) is 11.5. The molecule has 1 atom stereocenters. The third kappa shape index (κ3) is 6.15. The first-order valence-corrected chi connectivity index (χ1v) is 8.43. The van der Waals surface area contributed by atoms with Crippen LogP contribution in [0, 0.1) is 0 Å². The molecule has 0 fully saturated rings. The Bertz CT molecular complexity index is 710. The Morgan fingerprint density at radius 3 is 2.52 bits per heavy atom. The first kappa shape index (κ1) is 18.9.